The van der Waals surface area contributed by atoms with Crippen LogP contribution < -0.4 is 29.9 Å². The summed E-state index contributed by atoms with van der Waals surface area (Å²) in [6.45, 7) is 2.92. The summed E-state index contributed by atoms with van der Waals surface area (Å²) in [5, 5.41) is 5.85. The van der Waals surface area contributed by atoms with Crippen molar-refractivity contribution < 1.29 is 24.5 Å². The number of carbonyl (C=O) groups is 2. The van der Waals surface area contributed by atoms with Gasteiger partial charge in [0.25, 0.3) is 0 Å². The molecule has 0 saturated carbocycles. The van der Waals surface area contributed by atoms with Gasteiger partial charge in [-0.15, -0.1) is 0 Å². The molecule has 1 spiro atoms. The van der Waals surface area contributed by atoms with Gasteiger partial charge in [0, 0.05) is 0 Å². The molecule has 0 radical (unpaired) electrons. The standard InChI is InChI=1S/C25H23AsN2O6/c1-16-10-12-17(13-11-16)26-31-20-8-4-6-18(22(20)33-26)24(29)27-14-2-3-15-28-25(30)19-7-5-9-21(32-26)23(19)34-26/h4-13H,2-3,14-15H2,1H3,(H,27,29)(H,28,30). The zero-order valence-corrected chi connectivity index (χ0v) is 20.4. The maximum atomic E-state index is 13.0. The zero-order chi connectivity index (χ0) is 23.4. The number of para-hydroxylation sites is 2. The number of amides is 2. The van der Waals surface area contributed by atoms with Crippen LogP contribution in [0, 0.1) is 6.92 Å². The summed E-state index contributed by atoms with van der Waals surface area (Å²) < 4.78 is 26.8. The van der Waals surface area contributed by atoms with Crippen molar-refractivity contribution in [3.05, 3.63) is 77.4 Å². The molecule has 0 saturated heterocycles. The minimum atomic E-state index is -5.32. The van der Waals surface area contributed by atoms with Crippen molar-refractivity contribution in [1.82, 2.24) is 10.6 Å². The molecule has 0 aromatic heterocycles. The normalized spacial score (nSPS) is 20.4. The third kappa shape index (κ3) is 3.05. The number of carbonyl (C=O) groups excluding carboxylic acids is 2. The molecule has 6 rings (SSSR count). The van der Waals surface area contributed by atoms with Crippen LogP contribution in [0.1, 0.15) is 39.1 Å². The third-order valence-electron chi connectivity index (χ3n) is 6.09. The Balaban J connectivity index is 1.58. The summed E-state index contributed by atoms with van der Waals surface area (Å²) in [7, 11) is 0. The molecule has 3 bridgehead atoms. The van der Waals surface area contributed by atoms with E-state index in [1.54, 1.807) is 36.4 Å². The van der Waals surface area contributed by atoms with Gasteiger partial charge in [-0.1, -0.05) is 0 Å². The predicted molar refractivity (Wildman–Crippen MR) is 126 cm³/mol. The molecule has 9 heteroatoms. The number of aryl methyl sites for hydroxylation is 1. The molecule has 0 unspecified atom stereocenters. The molecule has 0 aliphatic carbocycles. The van der Waals surface area contributed by atoms with Crippen molar-refractivity contribution in [1.29, 1.82) is 0 Å². The quantitative estimate of drug-likeness (QED) is 0.478. The van der Waals surface area contributed by atoms with Gasteiger partial charge in [-0.25, -0.2) is 0 Å². The molecule has 8 nitrogen and oxygen atoms in total. The van der Waals surface area contributed by atoms with Crippen LogP contribution in [0.4, 0.5) is 0 Å². The minimum absolute atomic E-state index is 0.271. The van der Waals surface area contributed by atoms with Crippen molar-refractivity contribution in [2.75, 3.05) is 13.1 Å². The van der Waals surface area contributed by atoms with Crippen molar-refractivity contribution in [2.24, 2.45) is 0 Å². The molecule has 2 N–H and O–H groups in total. The topological polar surface area (TPSA) is 95.1 Å². The average molecular weight is 522 g/mol. The van der Waals surface area contributed by atoms with E-state index in [2.05, 4.69) is 10.6 Å². The fourth-order valence-corrected chi connectivity index (χ4v) is 11.2. The van der Waals surface area contributed by atoms with Gasteiger partial charge in [0.1, 0.15) is 0 Å². The molecular weight excluding hydrogens is 499 g/mol. The molecule has 34 heavy (non-hydrogen) atoms. The first-order chi connectivity index (χ1) is 16.5. The van der Waals surface area contributed by atoms with Crippen LogP contribution in [-0.4, -0.2) is 38.7 Å². The SMILES string of the molecule is Cc1ccc([As]234Oc5cccc(c5O2)C(=O)NCCCCNC(=O)c2cccc(c2O3)O4)cc1. The van der Waals surface area contributed by atoms with E-state index in [-0.39, 0.29) is 23.3 Å². The Labute approximate surface area is 198 Å². The van der Waals surface area contributed by atoms with Crippen LogP contribution in [0.5, 0.6) is 23.0 Å². The fourth-order valence-electron chi connectivity index (χ4n) is 4.33. The van der Waals surface area contributed by atoms with Gasteiger partial charge < -0.3 is 0 Å². The molecule has 174 valence electrons. The average Bonchev–Trinajstić information content (AvgIpc) is 3.35. The molecule has 3 aliphatic heterocycles. The molecule has 0 fully saturated rings. The van der Waals surface area contributed by atoms with Crippen LogP contribution >= 0.6 is 0 Å². The Morgan fingerprint density at radius 1 is 0.676 bits per heavy atom. The van der Waals surface area contributed by atoms with Crippen LogP contribution in [-0.2, 0) is 0 Å². The molecule has 3 heterocycles. The molecule has 3 aromatic rings. The monoisotopic (exact) mass is 522 g/mol. The van der Waals surface area contributed by atoms with Crippen molar-refractivity contribution in [3.63, 3.8) is 0 Å². The van der Waals surface area contributed by atoms with Gasteiger partial charge in [-0.3, -0.25) is 0 Å². The summed E-state index contributed by atoms with van der Waals surface area (Å²) in [5.41, 5.74) is 1.73. The van der Waals surface area contributed by atoms with Gasteiger partial charge >= 0.3 is 198 Å². The van der Waals surface area contributed by atoms with Gasteiger partial charge in [0.2, 0.25) is 0 Å². The Morgan fingerprint density at radius 2 is 1.18 bits per heavy atom. The fraction of sp³-hybridized carbons (Fsp3) is 0.200. The number of benzene rings is 3. The molecular formula is C25H23AsN2O6. The number of nitrogens with one attached hydrogen (secondary N) is 2. The second kappa shape index (κ2) is 7.43. The summed E-state index contributed by atoms with van der Waals surface area (Å²) in [6.07, 6.45) is 1.44. The molecule has 3 aliphatic rings. The first kappa shape index (κ1) is 20.9. The van der Waals surface area contributed by atoms with Gasteiger partial charge in [0.05, 0.1) is 0 Å². The van der Waals surface area contributed by atoms with E-state index in [0.717, 1.165) is 18.4 Å². The molecule has 2 amide bonds. The second-order valence-corrected chi connectivity index (χ2v) is 14.5. The first-order valence-electron chi connectivity index (χ1n) is 11.2. The van der Waals surface area contributed by atoms with Gasteiger partial charge in [-0.05, 0) is 0 Å². The number of hydrogen-bond donors (Lipinski definition) is 2. The van der Waals surface area contributed by atoms with Crippen molar-refractivity contribution >= 4 is 30.0 Å². The predicted octanol–water partition coefficient (Wildman–Crippen LogP) is 2.79. The van der Waals surface area contributed by atoms with Crippen molar-refractivity contribution in [3.8, 4) is 23.0 Å². The second-order valence-electron chi connectivity index (χ2n) is 8.50. The van der Waals surface area contributed by atoms with Gasteiger partial charge in [-0.2, -0.15) is 0 Å². The Bertz CT molecular complexity index is 1260. The van der Waals surface area contributed by atoms with E-state index in [4.69, 9.17) is 14.9 Å². The Morgan fingerprint density at radius 3 is 1.68 bits per heavy atom. The van der Waals surface area contributed by atoms with E-state index in [9.17, 15) is 9.59 Å². The summed E-state index contributed by atoms with van der Waals surface area (Å²) in [5.74, 6) is 0.746. The Kier molecular flexibility index (Phi) is 4.58. The summed E-state index contributed by atoms with van der Waals surface area (Å²) in [6, 6.07) is 17.9. The maximum absolute atomic E-state index is 13.0. The van der Waals surface area contributed by atoms with E-state index in [0.29, 0.717) is 40.1 Å². The van der Waals surface area contributed by atoms with Crippen molar-refractivity contribution in [2.45, 2.75) is 19.8 Å². The first-order valence-corrected chi connectivity index (χ1v) is 15.2. The van der Waals surface area contributed by atoms with Crippen LogP contribution in [0.3, 0.4) is 0 Å². The zero-order valence-electron chi connectivity index (χ0n) is 18.5. The summed E-state index contributed by atoms with van der Waals surface area (Å²) in [4.78, 5) is 26.1. The Hall–Kier alpha value is -3.64. The van der Waals surface area contributed by atoms with E-state index in [1.165, 1.54) is 0 Å². The molecule has 0 atom stereocenters. The van der Waals surface area contributed by atoms with E-state index >= 15 is 0 Å². The van der Waals surface area contributed by atoms with Gasteiger partial charge in [0.15, 0.2) is 0 Å². The van der Waals surface area contributed by atoms with E-state index < -0.39 is 13.8 Å². The van der Waals surface area contributed by atoms with Crippen LogP contribution in [0.2, 0.25) is 0 Å². The number of rotatable bonds is 1. The molecule has 3 aromatic carbocycles. The number of hydrogen-bond acceptors (Lipinski definition) is 6. The van der Waals surface area contributed by atoms with Crippen LogP contribution in [0.25, 0.3) is 0 Å². The summed E-state index contributed by atoms with van der Waals surface area (Å²) >= 11 is -5.32. The van der Waals surface area contributed by atoms with E-state index in [1.807, 2.05) is 31.2 Å². The third-order valence-corrected chi connectivity index (χ3v) is 12.7. The van der Waals surface area contributed by atoms with Crippen LogP contribution in [0.15, 0.2) is 60.7 Å².